The summed E-state index contributed by atoms with van der Waals surface area (Å²) in [6, 6.07) is -0.432. The van der Waals surface area contributed by atoms with Crippen LogP contribution in [0.4, 0.5) is 18.0 Å². The van der Waals surface area contributed by atoms with Gasteiger partial charge in [0.05, 0.1) is 6.54 Å². The van der Waals surface area contributed by atoms with Crippen molar-refractivity contribution in [2.24, 2.45) is 0 Å². The van der Waals surface area contributed by atoms with E-state index in [2.05, 4.69) is 25.3 Å². The lowest BCUT2D eigenvalue weighted by atomic mass is 10.4. The van der Waals surface area contributed by atoms with Gasteiger partial charge in [0.2, 0.25) is 5.91 Å². The van der Waals surface area contributed by atoms with E-state index in [9.17, 15) is 22.8 Å². The van der Waals surface area contributed by atoms with Gasteiger partial charge < -0.3 is 20.1 Å². The minimum atomic E-state index is -4.69. The molecule has 1 aromatic rings. The molecule has 1 aromatic heterocycles. The highest BCUT2D eigenvalue weighted by atomic mass is 19.4. The van der Waals surface area contributed by atoms with Crippen molar-refractivity contribution in [1.29, 1.82) is 0 Å². The lowest BCUT2D eigenvalue weighted by Crippen LogP contribution is -2.41. The third-order valence-electron chi connectivity index (χ3n) is 2.19. The molecule has 0 radical (unpaired) electrons. The van der Waals surface area contributed by atoms with Crippen molar-refractivity contribution in [2.75, 3.05) is 27.2 Å². The van der Waals surface area contributed by atoms with E-state index in [1.807, 2.05) is 0 Å². The summed E-state index contributed by atoms with van der Waals surface area (Å²) in [6.45, 7) is -0.218. The molecule has 0 fully saturated rings. The number of carbonyl (C=O) groups is 2. The molecule has 3 amide bonds. The molecule has 0 aliphatic rings. The highest BCUT2D eigenvalue weighted by Crippen LogP contribution is 2.27. The Morgan fingerprint density at radius 1 is 1.29 bits per heavy atom. The minimum Gasteiger partial charge on any atom is -0.354 e. The average Bonchev–Trinajstić information content (AvgIpc) is 2.84. The molecule has 8 nitrogen and oxygen atoms in total. The summed E-state index contributed by atoms with van der Waals surface area (Å²) in [5.74, 6) is -2.08. The standard InChI is InChI=1S/C10H14F3N5O3/c1-18(2)9(20)15-5-7(19)14-4-3-6-16-8(21-17-6)10(11,12)13/h3-5H2,1-2H3,(H,14,19)(H,15,20). The van der Waals surface area contributed by atoms with E-state index >= 15 is 0 Å². The monoisotopic (exact) mass is 309 g/mol. The Morgan fingerprint density at radius 2 is 1.95 bits per heavy atom. The summed E-state index contributed by atoms with van der Waals surface area (Å²) in [7, 11) is 3.03. The zero-order valence-corrected chi connectivity index (χ0v) is 11.3. The highest BCUT2D eigenvalue weighted by molar-refractivity contribution is 5.83. The lowest BCUT2D eigenvalue weighted by Gasteiger charge is -2.11. The van der Waals surface area contributed by atoms with Crippen molar-refractivity contribution in [3.05, 3.63) is 11.7 Å². The molecule has 1 heterocycles. The number of amides is 3. The Kier molecular flexibility index (Phi) is 5.50. The van der Waals surface area contributed by atoms with E-state index in [1.165, 1.54) is 19.0 Å². The summed E-state index contributed by atoms with van der Waals surface area (Å²) < 4.78 is 40.6. The summed E-state index contributed by atoms with van der Waals surface area (Å²) in [4.78, 5) is 26.9. The number of hydrogen-bond donors (Lipinski definition) is 2. The van der Waals surface area contributed by atoms with Gasteiger partial charge >= 0.3 is 18.1 Å². The van der Waals surface area contributed by atoms with E-state index in [-0.39, 0.29) is 25.3 Å². The van der Waals surface area contributed by atoms with Crippen LogP contribution in [-0.4, -0.2) is 54.2 Å². The molecule has 0 bridgehead atoms. The molecule has 0 spiro atoms. The van der Waals surface area contributed by atoms with Crippen molar-refractivity contribution in [3.8, 4) is 0 Å². The van der Waals surface area contributed by atoms with Crippen LogP contribution in [0.2, 0.25) is 0 Å². The number of nitrogens with zero attached hydrogens (tertiary/aromatic N) is 3. The van der Waals surface area contributed by atoms with Gasteiger partial charge in [-0.15, -0.1) is 0 Å². The first kappa shape index (κ1) is 16.7. The lowest BCUT2D eigenvalue weighted by molar-refractivity contribution is -0.159. The van der Waals surface area contributed by atoms with Crippen LogP contribution >= 0.6 is 0 Å². The zero-order chi connectivity index (χ0) is 16.0. The molecular formula is C10H14F3N5O3. The third kappa shape index (κ3) is 5.67. The van der Waals surface area contributed by atoms with Crippen LogP contribution in [-0.2, 0) is 17.4 Å². The Hall–Kier alpha value is -2.33. The molecule has 1 rings (SSSR count). The van der Waals surface area contributed by atoms with Gasteiger partial charge in [-0.25, -0.2) is 4.79 Å². The van der Waals surface area contributed by atoms with Crippen molar-refractivity contribution >= 4 is 11.9 Å². The van der Waals surface area contributed by atoms with Gasteiger partial charge in [0, 0.05) is 27.1 Å². The van der Waals surface area contributed by atoms with Gasteiger partial charge in [0.25, 0.3) is 0 Å². The molecule has 2 N–H and O–H groups in total. The van der Waals surface area contributed by atoms with Crippen LogP contribution in [0.25, 0.3) is 0 Å². The quantitative estimate of drug-likeness (QED) is 0.798. The molecule has 0 aliphatic heterocycles. The molecule has 11 heteroatoms. The van der Waals surface area contributed by atoms with Crippen LogP contribution in [0.1, 0.15) is 11.7 Å². The maximum atomic E-state index is 12.2. The Labute approximate surface area is 117 Å². The summed E-state index contributed by atoms with van der Waals surface area (Å²) in [5, 5.41) is 7.87. The predicted molar refractivity (Wildman–Crippen MR) is 63.1 cm³/mol. The number of hydrogen-bond acceptors (Lipinski definition) is 5. The number of aromatic nitrogens is 2. The fraction of sp³-hybridized carbons (Fsp3) is 0.600. The number of urea groups is 1. The normalized spacial score (nSPS) is 11.1. The minimum absolute atomic E-state index is 0.0209. The van der Waals surface area contributed by atoms with E-state index in [0.717, 1.165) is 0 Å². The largest absolute Gasteiger partial charge is 0.471 e. The van der Waals surface area contributed by atoms with E-state index < -0.39 is 24.0 Å². The molecule has 0 atom stereocenters. The van der Waals surface area contributed by atoms with Crippen LogP contribution in [0, 0.1) is 0 Å². The van der Waals surface area contributed by atoms with Gasteiger partial charge in [-0.05, 0) is 0 Å². The molecule has 118 valence electrons. The second-order valence-electron chi connectivity index (χ2n) is 4.17. The average molecular weight is 309 g/mol. The number of alkyl halides is 3. The van der Waals surface area contributed by atoms with E-state index in [1.54, 1.807) is 0 Å². The molecule has 0 saturated heterocycles. The Morgan fingerprint density at radius 3 is 2.48 bits per heavy atom. The fourth-order valence-corrected chi connectivity index (χ4v) is 1.16. The van der Waals surface area contributed by atoms with Crippen molar-refractivity contribution in [2.45, 2.75) is 12.6 Å². The van der Waals surface area contributed by atoms with Crippen LogP contribution in [0.15, 0.2) is 4.52 Å². The highest BCUT2D eigenvalue weighted by Gasteiger charge is 2.38. The first-order valence-corrected chi connectivity index (χ1v) is 5.81. The first-order valence-electron chi connectivity index (χ1n) is 5.81. The maximum absolute atomic E-state index is 12.2. The van der Waals surface area contributed by atoms with Gasteiger partial charge in [-0.1, -0.05) is 5.16 Å². The fourth-order valence-electron chi connectivity index (χ4n) is 1.16. The van der Waals surface area contributed by atoms with Crippen LogP contribution in [0.5, 0.6) is 0 Å². The Bertz CT molecular complexity index is 500. The van der Waals surface area contributed by atoms with Gasteiger partial charge in [-0.3, -0.25) is 4.79 Å². The number of rotatable bonds is 5. The summed E-state index contributed by atoms with van der Waals surface area (Å²) in [5.41, 5.74) is 0. The third-order valence-corrected chi connectivity index (χ3v) is 2.19. The number of nitrogens with one attached hydrogen (secondary N) is 2. The van der Waals surface area contributed by atoms with Gasteiger partial charge in [0.1, 0.15) is 0 Å². The Balaban J connectivity index is 2.29. The van der Waals surface area contributed by atoms with Gasteiger partial charge in [0.15, 0.2) is 5.82 Å². The summed E-state index contributed by atoms with van der Waals surface area (Å²) >= 11 is 0. The topological polar surface area (TPSA) is 100 Å². The zero-order valence-electron chi connectivity index (χ0n) is 11.3. The molecule has 21 heavy (non-hydrogen) atoms. The molecule has 0 aromatic carbocycles. The second kappa shape index (κ2) is 6.90. The molecule has 0 saturated carbocycles. The maximum Gasteiger partial charge on any atom is 0.471 e. The van der Waals surface area contributed by atoms with Crippen LogP contribution in [0.3, 0.4) is 0 Å². The van der Waals surface area contributed by atoms with E-state index in [4.69, 9.17) is 0 Å². The molecular weight excluding hydrogens is 295 g/mol. The van der Waals surface area contributed by atoms with Crippen molar-refractivity contribution in [3.63, 3.8) is 0 Å². The number of carbonyl (C=O) groups excluding carboxylic acids is 2. The van der Waals surface area contributed by atoms with E-state index in [0.29, 0.717) is 0 Å². The smallest absolute Gasteiger partial charge is 0.354 e. The van der Waals surface area contributed by atoms with Crippen LogP contribution < -0.4 is 10.6 Å². The second-order valence-corrected chi connectivity index (χ2v) is 4.17. The molecule has 0 aliphatic carbocycles. The number of halogens is 3. The van der Waals surface area contributed by atoms with Crippen molar-refractivity contribution < 1.29 is 27.3 Å². The van der Waals surface area contributed by atoms with Crippen molar-refractivity contribution in [1.82, 2.24) is 25.7 Å². The van der Waals surface area contributed by atoms with Gasteiger partial charge in [-0.2, -0.15) is 18.2 Å². The predicted octanol–water partition coefficient (Wildman–Crippen LogP) is 0.0183. The summed E-state index contributed by atoms with van der Waals surface area (Å²) in [6.07, 6.45) is -4.71. The first-order chi connectivity index (χ1) is 9.70. The molecule has 0 unspecified atom stereocenters. The SMILES string of the molecule is CN(C)C(=O)NCC(=O)NCCc1noc(C(F)(F)F)n1.